The Hall–Kier alpha value is -0.830. The lowest BCUT2D eigenvalue weighted by molar-refractivity contribution is -0.118. The summed E-state index contributed by atoms with van der Waals surface area (Å²) in [6.07, 6.45) is 3.65. The number of carbonyl (C=O) groups is 1. The highest BCUT2D eigenvalue weighted by molar-refractivity contribution is 5.82. The van der Waals surface area contributed by atoms with E-state index in [4.69, 9.17) is 5.73 Å². The summed E-state index contributed by atoms with van der Waals surface area (Å²) in [5.74, 6) is -0.307. The number of nitrogens with two attached hydrogens (primary N) is 1. The Morgan fingerprint density at radius 1 is 1.88 bits per heavy atom. The maximum atomic E-state index is 10.3. The van der Waals surface area contributed by atoms with Crippen molar-refractivity contribution >= 4 is 5.91 Å². The van der Waals surface area contributed by atoms with Crippen LogP contribution in [-0.2, 0) is 4.79 Å². The molecule has 0 radical (unpaired) electrons. The second kappa shape index (κ2) is 1.96. The molecule has 3 heteroatoms. The fraction of sp³-hybridized carbons (Fsp3) is 0.400. The zero-order valence-electron chi connectivity index (χ0n) is 4.42. The quantitative estimate of drug-likeness (QED) is 0.427. The third-order valence-electron chi connectivity index (χ3n) is 1.09. The van der Waals surface area contributed by atoms with Crippen molar-refractivity contribution in [2.24, 2.45) is 5.73 Å². The van der Waals surface area contributed by atoms with E-state index < -0.39 is 0 Å². The highest BCUT2D eigenvalue weighted by atomic mass is 16.1. The minimum Gasteiger partial charge on any atom is -0.368 e. The monoisotopic (exact) mass is 112 g/mol. The van der Waals surface area contributed by atoms with Crippen molar-refractivity contribution in [3.63, 3.8) is 0 Å². The Bertz CT molecular complexity index is 130. The van der Waals surface area contributed by atoms with E-state index in [1.807, 2.05) is 6.08 Å². The summed E-state index contributed by atoms with van der Waals surface area (Å²) in [6.45, 7) is 0.758. The van der Waals surface area contributed by atoms with E-state index in [1.54, 1.807) is 6.08 Å². The van der Waals surface area contributed by atoms with Gasteiger partial charge in [-0.25, -0.2) is 0 Å². The number of hydrogen-bond acceptors (Lipinski definition) is 2. The molecule has 8 heavy (non-hydrogen) atoms. The van der Waals surface area contributed by atoms with Gasteiger partial charge in [-0.15, -0.1) is 0 Å². The molecule has 0 unspecified atom stereocenters. The van der Waals surface area contributed by atoms with Crippen LogP contribution in [0.2, 0.25) is 0 Å². The van der Waals surface area contributed by atoms with Gasteiger partial charge in [0.25, 0.3) is 0 Å². The summed E-state index contributed by atoms with van der Waals surface area (Å²) >= 11 is 0. The molecule has 0 aromatic rings. The third kappa shape index (κ3) is 0.869. The van der Waals surface area contributed by atoms with Crippen LogP contribution in [0.25, 0.3) is 0 Å². The summed E-state index contributed by atoms with van der Waals surface area (Å²) in [4.78, 5) is 10.3. The van der Waals surface area contributed by atoms with E-state index in [0.29, 0.717) is 0 Å². The van der Waals surface area contributed by atoms with Gasteiger partial charge in [-0.3, -0.25) is 10.1 Å². The molecule has 0 aromatic heterocycles. The van der Waals surface area contributed by atoms with E-state index >= 15 is 0 Å². The molecule has 0 bridgehead atoms. The molecule has 0 saturated heterocycles. The number of primary amides is 1. The predicted octanol–water partition coefficient (Wildman–Crippen LogP) is -1.00. The van der Waals surface area contributed by atoms with E-state index in [9.17, 15) is 4.79 Å². The topological polar surface area (TPSA) is 55.1 Å². The SMILES string of the molecule is NC(=O)[C@H]1C=CCN1. The van der Waals surface area contributed by atoms with Crippen molar-refractivity contribution in [2.75, 3.05) is 6.54 Å². The van der Waals surface area contributed by atoms with Crippen molar-refractivity contribution in [1.82, 2.24) is 5.32 Å². The zero-order valence-corrected chi connectivity index (χ0v) is 4.42. The molecule has 1 aliphatic rings. The lowest BCUT2D eigenvalue weighted by Gasteiger charge is -2.00. The van der Waals surface area contributed by atoms with Crippen LogP contribution in [0, 0.1) is 0 Å². The van der Waals surface area contributed by atoms with E-state index in [2.05, 4.69) is 5.32 Å². The number of hydrogen-bond donors (Lipinski definition) is 2. The Kier molecular flexibility index (Phi) is 1.30. The highest BCUT2D eigenvalue weighted by Gasteiger charge is 2.12. The maximum absolute atomic E-state index is 10.3. The first kappa shape index (κ1) is 5.31. The molecule has 0 saturated carbocycles. The normalized spacial score (nSPS) is 26.2. The summed E-state index contributed by atoms with van der Waals surface area (Å²) in [7, 11) is 0. The van der Waals surface area contributed by atoms with Crippen LogP contribution in [0.4, 0.5) is 0 Å². The fourth-order valence-electron chi connectivity index (χ4n) is 0.663. The molecule has 0 spiro atoms. The average Bonchev–Trinajstić information content (AvgIpc) is 2.12. The van der Waals surface area contributed by atoms with Crippen molar-refractivity contribution in [2.45, 2.75) is 6.04 Å². The van der Waals surface area contributed by atoms with Gasteiger partial charge in [-0.05, 0) is 0 Å². The molecule has 1 heterocycles. The van der Waals surface area contributed by atoms with Crippen LogP contribution in [0.1, 0.15) is 0 Å². The van der Waals surface area contributed by atoms with Crippen molar-refractivity contribution in [3.05, 3.63) is 12.2 Å². The summed E-state index contributed by atoms with van der Waals surface area (Å²) in [6, 6.07) is -0.227. The smallest absolute Gasteiger partial charge is 0.238 e. The molecule has 3 nitrogen and oxygen atoms in total. The lowest BCUT2D eigenvalue weighted by Crippen LogP contribution is -2.36. The second-order valence-corrected chi connectivity index (χ2v) is 1.72. The zero-order chi connectivity index (χ0) is 5.98. The lowest BCUT2D eigenvalue weighted by atomic mass is 10.3. The summed E-state index contributed by atoms with van der Waals surface area (Å²) in [5.41, 5.74) is 4.95. The van der Waals surface area contributed by atoms with Gasteiger partial charge in [0.15, 0.2) is 0 Å². The molecular weight excluding hydrogens is 104 g/mol. The van der Waals surface area contributed by atoms with Crippen LogP contribution in [0.3, 0.4) is 0 Å². The fourth-order valence-corrected chi connectivity index (χ4v) is 0.663. The molecule has 1 atom stereocenters. The molecule has 44 valence electrons. The number of rotatable bonds is 1. The molecule has 0 fully saturated rings. The third-order valence-corrected chi connectivity index (χ3v) is 1.09. The van der Waals surface area contributed by atoms with Gasteiger partial charge in [0.2, 0.25) is 5.91 Å². The molecule has 0 aliphatic carbocycles. The van der Waals surface area contributed by atoms with Crippen LogP contribution in [-0.4, -0.2) is 18.5 Å². The molecule has 3 N–H and O–H groups in total. The first-order valence-corrected chi connectivity index (χ1v) is 2.50. The standard InChI is InChI=1S/C5H8N2O/c6-5(8)4-2-1-3-7-4/h1-2,4,7H,3H2,(H2,6,8)/t4-/m1/s1. The molecule has 1 aliphatic heterocycles. The van der Waals surface area contributed by atoms with Gasteiger partial charge in [-0.1, -0.05) is 12.2 Å². The first-order valence-electron chi connectivity index (χ1n) is 2.50. The highest BCUT2D eigenvalue weighted by Crippen LogP contribution is 1.91. The van der Waals surface area contributed by atoms with Crippen LogP contribution < -0.4 is 11.1 Å². The summed E-state index contributed by atoms with van der Waals surface area (Å²) in [5, 5.41) is 2.87. The van der Waals surface area contributed by atoms with Gasteiger partial charge in [0.05, 0.1) is 0 Å². The van der Waals surface area contributed by atoms with Gasteiger partial charge < -0.3 is 5.73 Å². The van der Waals surface area contributed by atoms with Gasteiger partial charge in [0, 0.05) is 6.54 Å². The maximum Gasteiger partial charge on any atom is 0.238 e. The van der Waals surface area contributed by atoms with Crippen LogP contribution in [0.5, 0.6) is 0 Å². The van der Waals surface area contributed by atoms with Gasteiger partial charge in [-0.2, -0.15) is 0 Å². The van der Waals surface area contributed by atoms with Crippen molar-refractivity contribution in [1.29, 1.82) is 0 Å². The number of amides is 1. The van der Waals surface area contributed by atoms with E-state index in [-0.39, 0.29) is 11.9 Å². The Morgan fingerprint density at radius 2 is 2.62 bits per heavy atom. The molecule has 0 aromatic carbocycles. The second-order valence-electron chi connectivity index (χ2n) is 1.72. The minimum atomic E-state index is -0.307. The van der Waals surface area contributed by atoms with Gasteiger partial charge >= 0.3 is 0 Å². The van der Waals surface area contributed by atoms with Crippen LogP contribution >= 0.6 is 0 Å². The molecular formula is C5H8N2O. The Labute approximate surface area is 47.6 Å². The molecule has 1 rings (SSSR count). The van der Waals surface area contributed by atoms with E-state index in [0.717, 1.165) is 6.54 Å². The summed E-state index contributed by atoms with van der Waals surface area (Å²) < 4.78 is 0. The number of nitrogens with one attached hydrogen (secondary N) is 1. The van der Waals surface area contributed by atoms with Gasteiger partial charge in [0.1, 0.15) is 6.04 Å². The average molecular weight is 112 g/mol. The Balaban J connectivity index is 2.48. The van der Waals surface area contributed by atoms with Crippen LogP contribution in [0.15, 0.2) is 12.2 Å². The minimum absolute atomic E-state index is 0.227. The van der Waals surface area contributed by atoms with Crippen molar-refractivity contribution < 1.29 is 4.79 Å². The first-order chi connectivity index (χ1) is 3.80. The van der Waals surface area contributed by atoms with Crippen molar-refractivity contribution in [3.8, 4) is 0 Å². The predicted molar refractivity (Wildman–Crippen MR) is 30.1 cm³/mol. The molecule has 1 amide bonds. The number of carbonyl (C=O) groups excluding carboxylic acids is 1. The van der Waals surface area contributed by atoms with E-state index in [1.165, 1.54) is 0 Å². The Morgan fingerprint density at radius 3 is 2.88 bits per heavy atom. The largest absolute Gasteiger partial charge is 0.368 e.